The molecule has 0 saturated carbocycles. The summed E-state index contributed by atoms with van der Waals surface area (Å²) in [6.45, 7) is 1.14. The summed E-state index contributed by atoms with van der Waals surface area (Å²) < 4.78 is 12.1. The zero-order valence-corrected chi connectivity index (χ0v) is 18.3. The van der Waals surface area contributed by atoms with Crippen LogP contribution in [-0.2, 0) is 4.74 Å². The normalized spacial score (nSPS) is 14.9. The van der Waals surface area contributed by atoms with Crippen LogP contribution < -0.4 is 15.6 Å². The number of nitrogens with zero attached hydrogens (tertiary/aromatic N) is 4. The molecule has 0 radical (unpaired) electrons. The number of aliphatic hydroxyl groups is 1. The summed E-state index contributed by atoms with van der Waals surface area (Å²) >= 11 is 0. The van der Waals surface area contributed by atoms with Gasteiger partial charge >= 0.3 is 0 Å². The molecule has 4 rings (SSSR count). The molecule has 2 N–H and O–H groups in total. The lowest BCUT2D eigenvalue weighted by molar-refractivity contribution is 0.0903. The van der Waals surface area contributed by atoms with Crippen LogP contribution in [0.15, 0.2) is 53.6 Å². The zero-order chi connectivity index (χ0) is 23.2. The van der Waals surface area contributed by atoms with Gasteiger partial charge in [0.15, 0.2) is 0 Å². The molecule has 3 heterocycles. The first kappa shape index (κ1) is 22.5. The number of aliphatic hydroxyl groups excluding tert-OH is 1. The van der Waals surface area contributed by atoms with E-state index in [4.69, 9.17) is 9.47 Å². The Balaban J connectivity index is 1.60. The van der Waals surface area contributed by atoms with Crippen LogP contribution in [-0.4, -0.2) is 52.6 Å². The quantitative estimate of drug-likeness (QED) is 0.566. The maximum Gasteiger partial charge on any atom is 0.251 e. The summed E-state index contributed by atoms with van der Waals surface area (Å²) in [5, 5.41) is 22.5. The van der Waals surface area contributed by atoms with E-state index in [9.17, 15) is 15.2 Å². The highest BCUT2D eigenvalue weighted by Gasteiger charge is 2.18. The van der Waals surface area contributed by atoms with Gasteiger partial charge in [0.25, 0.3) is 5.56 Å². The number of ether oxygens (including phenoxy) is 2. The summed E-state index contributed by atoms with van der Waals surface area (Å²) in [7, 11) is 1.47. The Kier molecular flexibility index (Phi) is 6.98. The maximum absolute atomic E-state index is 13.0. The molecule has 1 atom stereocenters. The molecule has 170 valence electrons. The van der Waals surface area contributed by atoms with E-state index in [1.807, 2.05) is 0 Å². The molecule has 0 bridgehead atoms. The van der Waals surface area contributed by atoms with E-state index < -0.39 is 6.04 Å². The number of hydrogen-bond donors (Lipinski definition) is 2. The van der Waals surface area contributed by atoms with Crippen LogP contribution in [0.1, 0.15) is 30.0 Å². The van der Waals surface area contributed by atoms with Crippen LogP contribution >= 0.6 is 0 Å². The molecule has 1 aromatic carbocycles. The highest BCUT2D eigenvalue weighted by Crippen LogP contribution is 2.26. The van der Waals surface area contributed by atoms with Gasteiger partial charge in [-0.1, -0.05) is 6.07 Å². The Labute approximate surface area is 191 Å². The molecule has 1 aliphatic heterocycles. The summed E-state index contributed by atoms with van der Waals surface area (Å²) in [5.74, 6) is 0.908. The Morgan fingerprint density at radius 1 is 1.30 bits per heavy atom. The molecule has 1 saturated heterocycles. The van der Waals surface area contributed by atoms with E-state index >= 15 is 0 Å². The fourth-order valence-electron chi connectivity index (χ4n) is 3.88. The topological polar surface area (TPSA) is 122 Å². The molecular formula is C24H25N5O4. The van der Waals surface area contributed by atoms with E-state index in [-0.39, 0.29) is 18.2 Å². The van der Waals surface area contributed by atoms with Crippen molar-refractivity contribution in [2.24, 2.45) is 0 Å². The molecule has 9 nitrogen and oxygen atoms in total. The van der Waals surface area contributed by atoms with Gasteiger partial charge in [0.05, 0.1) is 31.0 Å². The third kappa shape index (κ3) is 5.03. The summed E-state index contributed by atoms with van der Waals surface area (Å²) in [6.07, 6.45) is 5.09. The van der Waals surface area contributed by atoms with Crippen molar-refractivity contribution in [3.05, 3.63) is 70.3 Å². The van der Waals surface area contributed by atoms with Crippen LogP contribution in [0.25, 0.3) is 11.3 Å². The van der Waals surface area contributed by atoms with Crippen LogP contribution in [0.5, 0.6) is 5.75 Å². The maximum atomic E-state index is 13.0. The first-order valence-corrected chi connectivity index (χ1v) is 10.7. The number of methoxy groups -OCH3 is 1. The number of anilines is 1. The molecule has 2 aromatic heterocycles. The molecular weight excluding hydrogens is 422 g/mol. The van der Waals surface area contributed by atoms with Crippen molar-refractivity contribution in [2.75, 3.05) is 32.2 Å². The summed E-state index contributed by atoms with van der Waals surface area (Å²) in [6, 6.07) is 11.7. The number of benzene rings is 1. The zero-order valence-electron chi connectivity index (χ0n) is 18.3. The number of pyridine rings is 1. The van der Waals surface area contributed by atoms with Crippen LogP contribution in [0.4, 0.5) is 5.95 Å². The smallest absolute Gasteiger partial charge is 0.251 e. The van der Waals surface area contributed by atoms with E-state index in [0.29, 0.717) is 47.3 Å². The van der Waals surface area contributed by atoms with Gasteiger partial charge in [-0.3, -0.25) is 4.79 Å². The van der Waals surface area contributed by atoms with Crippen LogP contribution in [0.2, 0.25) is 0 Å². The third-order valence-corrected chi connectivity index (χ3v) is 5.69. The number of aromatic nitrogens is 3. The van der Waals surface area contributed by atoms with Crippen LogP contribution in [0, 0.1) is 11.3 Å². The van der Waals surface area contributed by atoms with Crippen molar-refractivity contribution in [3.63, 3.8) is 0 Å². The molecule has 0 amide bonds. The van der Waals surface area contributed by atoms with Crippen molar-refractivity contribution >= 4 is 5.95 Å². The summed E-state index contributed by atoms with van der Waals surface area (Å²) in [4.78, 5) is 21.8. The molecule has 3 aromatic rings. The third-order valence-electron chi connectivity index (χ3n) is 5.69. The lowest BCUT2D eigenvalue weighted by Crippen LogP contribution is -2.28. The van der Waals surface area contributed by atoms with Gasteiger partial charge in [-0.25, -0.2) is 9.97 Å². The number of nitriles is 1. The monoisotopic (exact) mass is 447 g/mol. The minimum Gasteiger partial charge on any atom is -0.495 e. The average Bonchev–Trinajstić information content (AvgIpc) is 2.86. The Morgan fingerprint density at radius 2 is 2.12 bits per heavy atom. The van der Waals surface area contributed by atoms with E-state index in [0.717, 1.165) is 12.8 Å². The van der Waals surface area contributed by atoms with Gasteiger partial charge in [0, 0.05) is 43.3 Å². The van der Waals surface area contributed by atoms with Gasteiger partial charge in [-0.2, -0.15) is 5.26 Å². The first-order chi connectivity index (χ1) is 16.1. The molecule has 33 heavy (non-hydrogen) atoms. The van der Waals surface area contributed by atoms with E-state index in [2.05, 4.69) is 21.4 Å². The highest BCUT2D eigenvalue weighted by molar-refractivity contribution is 5.59. The molecule has 0 spiro atoms. The van der Waals surface area contributed by atoms with Crippen LogP contribution in [0.3, 0.4) is 0 Å². The lowest BCUT2D eigenvalue weighted by Gasteiger charge is -2.23. The lowest BCUT2D eigenvalue weighted by atomic mass is 10.0. The second kappa shape index (κ2) is 10.3. The fraction of sp³-hybridized carbons (Fsp3) is 0.333. The second-order valence-corrected chi connectivity index (χ2v) is 7.73. The number of nitrogens with one attached hydrogen (secondary N) is 1. The van der Waals surface area contributed by atoms with Crippen molar-refractivity contribution in [1.29, 1.82) is 5.26 Å². The molecule has 1 fully saturated rings. The van der Waals surface area contributed by atoms with Gasteiger partial charge in [-0.05, 0) is 42.7 Å². The largest absolute Gasteiger partial charge is 0.495 e. The molecule has 1 aliphatic rings. The van der Waals surface area contributed by atoms with Crippen molar-refractivity contribution < 1.29 is 14.6 Å². The number of hydrogen-bond acceptors (Lipinski definition) is 8. The molecule has 1 unspecified atom stereocenters. The molecule has 0 aliphatic carbocycles. The van der Waals surface area contributed by atoms with E-state index in [1.54, 1.807) is 42.7 Å². The first-order valence-electron chi connectivity index (χ1n) is 10.7. The Morgan fingerprint density at radius 3 is 2.82 bits per heavy atom. The van der Waals surface area contributed by atoms with Crippen molar-refractivity contribution in [3.8, 4) is 23.1 Å². The highest BCUT2D eigenvalue weighted by atomic mass is 16.5. The average molecular weight is 447 g/mol. The Hall–Kier alpha value is -3.74. The number of rotatable bonds is 7. The standard InChI is InChI=1S/C24H25N5O4/c1-32-22-12-17(2-3-18(22)14-25)21(15-30)29-9-5-16(13-23(29)31)20-4-8-26-24(28-20)27-19-6-10-33-11-7-19/h2-5,8-9,12-13,19,21,30H,6-7,10-11,15H2,1H3,(H,26,27,28). The predicted molar refractivity (Wildman–Crippen MR) is 122 cm³/mol. The SMILES string of the molecule is COc1cc(C(CO)n2ccc(-c3ccnc(NC4CCOCC4)n3)cc2=O)ccc1C#N. The predicted octanol–water partition coefficient (Wildman–Crippen LogP) is 2.36. The summed E-state index contributed by atoms with van der Waals surface area (Å²) in [5.41, 5.74) is 2.04. The van der Waals surface area contributed by atoms with E-state index in [1.165, 1.54) is 17.7 Å². The van der Waals surface area contributed by atoms with Gasteiger partial charge < -0.3 is 24.5 Å². The second-order valence-electron chi connectivity index (χ2n) is 7.73. The Bertz CT molecular complexity index is 1210. The van der Waals surface area contributed by atoms with Crippen molar-refractivity contribution in [2.45, 2.75) is 24.9 Å². The minimum absolute atomic E-state index is 0.261. The van der Waals surface area contributed by atoms with Gasteiger partial charge in [-0.15, -0.1) is 0 Å². The fourth-order valence-corrected chi connectivity index (χ4v) is 3.88. The van der Waals surface area contributed by atoms with Gasteiger partial charge in [0.2, 0.25) is 5.95 Å². The molecule has 9 heteroatoms. The van der Waals surface area contributed by atoms with Gasteiger partial charge in [0.1, 0.15) is 11.8 Å². The van der Waals surface area contributed by atoms with Crippen molar-refractivity contribution in [1.82, 2.24) is 14.5 Å². The minimum atomic E-state index is -0.621.